The van der Waals surface area contributed by atoms with E-state index in [2.05, 4.69) is 6.92 Å². The van der Waals surface area contributed by atoms with Gasteiger partial charge in [-0.1, -0.05) is 26.2 Å². The average Bonchev–Trinajstić information content (AvgIpc) is 2.57. The maximum absolute atomic E-state index is 9.92. The van der Waals surface area contributed by atoms with Crippen molar-refractivity contribution in [2.45, 2.75) is 58.0 Å². The number of aliphatic hydroxyl groups is 1. The van der Waals surface area contributed by atoms with Crippen LogP contribution in [0.2, 0.25) is 0 Å². The molecule has 1 aliphatic rings. The van der Waals surface area contributed by atoms with Crippen molar-refractivity contribution in [2.75, 3.05) is 13.7 Å². The molecule has 15 heavy (non-hydrogen) atoms. The maximum Gasteiger partial charge on any atom is 0.0571 e. The Balaban J connectivity index is 2.17. The van der Waals surface area contributed by atoms with E-state index >= 15 is 0 Å². The molecule has 0 spiro atoms. The zero-order valence-electron chi connectivity index (χ0n) is 10.2. The molecule has 3 unspecified atom stereocenters. The molecule has 2 nitrogen and oxygen atoms in total. The second-order valence-electron chi connectivity index (χ2n) is 4.94. The first kappa shape index (κ1) is 13.0. The Kier molecular flexibility index (Phi) is 6.26. The third kappa shape index (κ3) is 4.52. The first-order valence-electron chi connectivity index (χ1n) is 6.45. The van der Waals surface area contributed by atoms with Crippen molar-refractivity contribution in [3.05, 3.63) is 0 Å². The first-order valence-corrected chi connectivity index (χ1v) is 6.45. The molecule has 90 valence electrons. The molecule has 0 aliphatic heterocycles. The number of ether oxygens (including phenoxy) is 1. The highest BCUT2D eigenvalue weighted by Gasteiger charge is 2.31. The summed E-state index contributed by atoms with van der Waals surface area (Å²) >= 11 is 0. The van der Waals surface area contributed by atoms with E-state index in [-0.39, 0.29) is 6.10 Å². The molecule has 1 aliphatic carbocycles. The molecule has 0 saturated heterocycles. The number of unbranched alkanes of at least 4 members (excludes halogenated alkanes) is 2. The van der Waals surface area contributed by atoms with E-state index in [1.54, 1.807) is 7.11 Å². The topological polar surface area (TPSA) is 29.5 Å². The van der Waals surface area contributed by atoms with Crippen molar-refractivity contribution in [3.63, 3.8) is 0 Å². The quantitative estimate of drug-likeness (QED) is 0.660. The summed E-state index contributed by atoms with van der Waals surface area (Å²) in [5, 5.41) is 9.92. The fourth-order valence-corrected chi connectivity index (χ4v) is 2.70. The molecule has 2 heteroatoms. The lowest BCUT2D eigenvalue weighted by molar-refractivity contribution is 0.123. The Morgan fingerprint density at radius 3 is 2.67 bits per heavy atom. The van der Waals surface area contributed by atoms with Gasteiger partial charge in [-0.2, -0.15) is 0 Å². The van der Waals surface area contributed by atoms with Crippen LogP contribution < -0.4 is 0 Å². The Labute approximate surface area is 94.0 Å². The van der Waals surface area contributed by atoms with Crippen molar-refractivity contribution >= 4 is 0 Å². The van der Waals surface area contributed by atoms with Crippen LogP contribution in [-0.4, -0.2) is 24.9 Å². The van der Waals surface area contributed by atoms with Gasteiger partial charge < -0.3 is 9.84 Å². The lowest BCUT2D eigenvalue weighted by Crippen LogP contribution is -2.12. The van der Waals surface area contributed by atoms with Crippen molar-refractivity contribution in [1.82, 2.24) is 0 Å². The zero-order valence-corrected chi connectivity index (χ0v) is 10.2. The lowest BCUT2D eigenvalue weighted by atomic mass is 9.96. The van der Waals surface area contributed by atoms with E-state index in [1.165, 1.54) is 32.1 Å². The molecular formula is C13H26O2. The van der Waals surface area contributed by atoms with Gasteiger partial charge in [0.05, 0.1) is 6.10 Å². The SMILES string of the molecule is CCCCCC1CC(CCOC)CC1O. The van der Waals surface area contributed by atoms with Crippen LogP contribution in [0.3, 0.4) is 0 Å². The molecule has 1 rings (SSSR count). The Morgan fingerprint density at radius 1 is 1.20 bits per heavy atom. The van der Waals surface area contributed by atoms with E-state index < -0.39 is 0 Å². The van der Waals surface area contributed by atoms with E-state index in [1.807, 2.05) is 0 Å². The van der Waals surface area contributed by atoms with E-state index in [9.17, 15) is 5.11 Å². The monoisotopic (exact) mass is 214 g/mol. The molecule has 3 atom stereocenters. The second kappa shape index (κ2) is 7.24. The van der Waals surface area contributed by atoms with Crippen molar-refractivity contribution in [1.29, 1.82) is 0 Å². The third-order valence-corrected chi connectivity index (χ3v) is 3.66. The van der Waals surface area contributed by atoms with Crippen LogP contribution in [0.1, 0.15) is 51.9 Å². The second-order valence-corrected chi connectivity index (χ2v) is 4.94. The fraction of sp³-hybridized carbons (Fsp3) is 1.00. The summed E-state index contributed by atoms with van der Waals surface area (Å²) in [6, 6.07) is 0. The highest BCUT2D eigenvalue weighted by molar-refractivity contribution is 4.82. The van der Waals surface area contributed by atoms with Crippen LogP contribution in [-0.2, 0) is 4.74 Å². The number of aliphatic hydroxyl groups excluding tert-OH is 1. The molecule has 0 bridgehead atoms. The predicted molar refractivity (Wildman–Crippen MR) is 62.9 cm³/mol. The summed E-state index contributed by atoms with van der Waals surface area (Å²) in [5.74, 6) is 1.27. The number of methoxy groups -OCH3 is 1. The summed E-state index contributed by atoms with van der Waals surface area (Å²) in [6.07, 6.45) is 8.39. The molecule has 0 radical (unpaired) electrons. The molecule has 0 amide bonds. The highest BCUT2D eigenvalue weighted by Crippen LogP contribution is 2.36. The third-order valence-electron chi connectivity index (χ3n) is 3.66. The van der Waals surface area contributed by atoms with Crippen molar-refractivity contribution < 1.29 is 9.84 Å². The summed E-state index contributed by atoms with van der Waals surface area (Å²) in [4.78, 5) is 0. The van der Waals surface area contributed by atoms with Gasteiger partial charge in [0.2, 0.25) is 0 Å². The van der Waals surface area contributed by atoms with E-state index in [0.29, 0.717) is 11.8 Å². The summed E-state index contributed by atoms with van der Waals surface area (Å²) < 4.78 is 5.09. The van der Waals surface area contributed by atoms with Gasteiger partial charge in [0, 0.05) is 13.7 Å². The van der Waals surface area contributed by atoms with Crippen LogP contribution in [0, 0.1) is 11.8 Å². The maximum atomic E-state index is 9.92. The van der Waals surface area contributed by atoms with Gasteiger partial charge in [0.1, 0.15) is 0 Å². The molecule has 1 fully saturated rings. The largest absolute Gasteiger partial charge is 0.393 e. The van der Waals surface area contributed by atoms with Crippen LogP contribution in [0.25, 0.3) is 0 Å². The van der Waals surface area contributed by atoms with E-state index in [4.69, 9.17) is 4.74 Å². The van der Waals surface area contributed by atoms with Gasteiger partial charge in [-0.25, -0.2) is 0 Å². The number of hydrogen-bond acceptors (Lipinski definition) is 2. The normalized spacial score (nSPS) is 31.0. The number of rotatable bonds is 7. The zero-order chi connectivity index (χ0) is 11.1. The van der Waals surface area contributed by atoms with Crippen LogP contribution in [0.4, 0.5) is 0 Å². The molecule has 0 aromatic heterocycles. The summed E-state index contributed by atoms with van der Waals surface area (Å²) in [5.41, 5.74) is 0. The Hall–Kier alpha value is -0.0800. The van der Waals surface area contributed by atoms with Gasteiger partial charge in [0.25, 0.3) is 0 Å². The van der Waals surface area contributed by atoms with Gasteiger partial charge >= 0.3 is 0 Å². The summed E-state index contributed by atoms with van der Waals surface area (Å²) in [6.45, 7) is 3.07. The Morgan fingerprint density at radius 2 is 2.00 bits per heavy atom. The molecule has 1 N–H and O–H groups in total. The van der Waals surface area contributed by atoms with Crippen molar-refractivity contribution in [2.24, 2.45) is 11.8 Å². The molecule has 1 saturated carbocycles. The van der Waals surface area contributed by atoms with Crippen LogP contribution >= 0.6 is 0 Å². The summed E-state index contributed by atoms with van der Waals surface area (Å²) in [7, 11) is 1.75. The minimum absolute atomic E-state index is 0.0382. The molecule has 0 aromatic rings. The van der Waals surface area contributed by atoms with Gasteiger partial charge in [0.15, 0.2) is 0 Å². The minimum atomic E-state index is -0.0382. The van der Waals surface area contributed by atoms with Crippen molar-refractivity contribution in [3.8, 4) is 0 Å². The number of hydrogen-bond donors (Lipinski definition) is 1. The first-order chi connectivity index (χ1) is 7.27. The van der Waals surface area contributed by atoms with Crippen LogP contribution in [0.5, 0.6) is 0 Å². The van der Waals surface area contributed by atoms with Gasteiger partial charge in [-0.05, 0) is 37.5 Å². The lowest BCUT2D eigenvalue weighted by Gasteiger charge is -2.13. The molecule has 0 aromatic carbocycles. The van der Waals surface area contributed by atoms with E-state index in [0.717, 1.165) is 19.4 Å². The average molecular weight is 214 g/mol. The molecular weight excluding hydrogens is 188 g/mol. The minimum Gasteiger partial charge on any atom is -0.393 e. The fourth-order valence-electron chi connectivity index (χ4n) is 2.70. The Bertz CT molecular complexity index is 159. The molecule has 0 heterocycles. The van der Waals surface area contributed by atoms with Gasteiger partial charge in [-0.15, -0.1) is 0 Å². The standard InChI is InChI=1S/C13H26O2/c1-3-4-5-6-12-9-11(7-8-15-2)10-13(12)14/h11-14H,3-10H2,1-2H3. The predicted octanol–water partition coefficient (Wildman–Crippen LogP) is 2.99. The highest BCUT2D eigenvalue weighted by atomic mass is 16.5. The van der Waals surface area contributed by atoms with Gasteiger partial charge in [-0.3, -0.25) is 0 Å². The van der Waals surface area contributed by atoms with Crippen LogP contribution in [0.15, 0.2) is 0 Å². The smallest absolute Gasteiger partial charge is 0.0571 e.